The number of carbonyl (C=O) groups excluding carboxylic acids is 1. The van der Waals surface area contributed by atoms with E-state index in [1.807, 2.05) is 0 Å². The summed E-state index contributed by atoms with van der Waals surface area (Å²) in [6.45, 7) is 3.43. The van der Waals surface area contributed by atoms with Crippen LogP contribution in [0.3, 0.4) is 0 Å². The Morgan fingerprint density at radius 2 is 2.06 bits per heavy atom. The number of rotatable bonds is 3. The van der Waals surface area contributed by atoms with Crippen LogP contribution in [0.1, 0.15) is 25.7 Å². The van der Waals surface area contributed by atoms with Crippen LogP contribution in [0.4, 0.5) is 0 Å². The van der Waals surface area contributed by atoms with Crippen molar-refractivity contribution < 1.29 is 9.53 Å². The molecule has 0 spiro atoms. The molecular formula is C13H24N2O2. The van der Waals surface area contributed by atoms with Gasteiger partial charge in [-0.15, -0.1) is 0 Å². The summed E-state index contributed by atoms with van der Waals surface area (Å²) < 4.78 is 4.78. The highest BCUT2D eigenvalue weighted by Gasteiger charge is 2.31. The third-order valence-corrected chi connectivity index (χ3v) is 4.21. The summed E-state index contributed by atoms with van der Waals surface area (Å²) in [6, 6.07) is -0.0590. The van der Waals surface area contributed by atoms with E-state index in [4.69, 9.17) is 4.74 Å². The molecule has 98 valence electrons. The first-order chi connectivity index (χ1) is 8.19. The van der Waals surface area contributed by atoms with Crippen LogP contribution in [0.25, 0.3) is 0 Å². The van der Waals surface area contributed by atoms with Gasteiger partial charge >= 0.3 is 5.97 Å². The Hall–Kier alpha value is -0.610. The van der Waals surface area contributed by atoms with Crippen LogP contribution >= 0.6 is 0 Å². The minimum atomic E-state index is -0.101. The molecule has 0 saturated carbocycles. The van der Waals surface area contributed by atoms with Crippen LogP contribution in [-0.4, -0.2) is 50.7 Å². The van der Waals surface area contributed by atoms with E-state index in [9.17, 15) is 4.79 Å². The summed E-state index contributed by atoms with van der Waals surface area (Å²) in [4.78, 5) is 13.8. The zero-order valence-corrected chi connectivity index (χ0v) is 10.9. The van der Waals surface area contributed by atoms with Crippen LogP contribution in [0.15, 0.2) is 0 Å². The molecule has 0 aromatic carbocycles. The lowest BCUT2D eigenvalue weighted by atomic mass is 9.86. The van der Waals surface area contributed by atoms with Crippen molar-refractivity contribution in [3.63, 3.8) is 0 Å². The van der Waals surface area contributed by atoms with Gasteiger partial charge in [0.25, 0.3) is 0 Å². The van der Waals surface area contributed by atoms with Gasteiger partial charge in [0.05, 0.1) is 7.11 Å². The van der Waals surface area contributed by atoms with Gasteiger partial charge in [-0.1, -0.05) is 0 Å². The highest BCUT2D eigenvalue weighted by molar-refractivity contribution is 5.75. The van der Waals surface area contributed by atoms with E-state index in [1.54, 1.807) is 0 Å². The number of hydrogen-bond donors (Lipinski definition) is 1. The maximum Gasteiger partial charge on any atom is 0.322 e. The van der Waals surface area contributed by atoms with Gasteiger partial charge in [-0.2, -0.15) is 0 Å². The Kier molecular flexibility index (Phi) is 4.40. The lowest BCUT2D eigenvalue weighted by Crippen LogP contribution is -2.31. The van der Waals surface area contributed by atoms with Gasteiger partial charge in [-0.05, 0) is 64.2 Å². The topological polar surface area (TPSA) is 41.6 Å². The maximum absolute atomic E-state index is 11.4. The van der Waals surface area contributed by atoms with E-state index >= 15 is 0 Å². The Balaban J connectivity index is 1.72. The van der Waals surface area contributed by atoms with E-state index in [1.165, 1.54) is 39.5 Å². The molecule has 0 bridgehead atoms. The van der Waals surface area contributed by atoms with E-state index in [0.717, 1.165) is 18.9 Å². The summed E-state index contributed by atoms with van der Waals surface area (Å²) in [5, 5.41) is 3.27. The molecule has 1 N–H and O–H groups in total. The first-order valence-electron chi connectivity index (χ1n) is 6.68. The Morgan fingerprint density at radius 3 is 2.71 bits per heavy atom. The number of ether oxygens (including phenoxy) is 1. The van der Waals surface area contributed by atoms with Crippen molar-refractivity contribution >= 4 is 5.97 Å². The van der Waals surface area contributed by atoms with Crippen molar-refractivity contribution in [2.75, 3.05) is 33.8 Å². The normalized spacial score (nSPS) is 31.6. The highest BCUT2D eigenvalue weighted by atomic mass is 16.5. The third kappa shape index (κ3) is 3.42. The molecular weight excluding hydrogens is 216 g/mol. The molecule has 0 aromatic heterocycles. The fourth-order valence-corrected chi connectivity index (χ4v) is 3.08. The standard InChI is InChI=1S/C13H24N2O2/c1-15-5-3-10(4-6-15)7-11-8-12(14-9-11)13(16)17-2/h10-12,14H,3-9H2,1-2H3. The molecule has 0 aliphatic carbocycles. The summed E-state index contributed by atoms with van der Waals surface area (Å²) >= 11 is 0. The lowest BCUT2D eigenvalue weighted by molar-refractivity contribution is -0.142. The molecule has 4 nitrogen and oxygen atoms in total. The molecule has 2 rings (SSSR count). The van der Waals surface area contributed by atoms with Gasteiger partial charge in [0.15, 0.2) is 0 Å². The van der Waals surface area contributed by atoms with Gasteiger partial charge in [0.2, 0.25) is 0 Å². The average molecular weight is 240 g/mol. The van der Waals surface area contributed by atoms with Crippen LogP contribution in [0.5, 0.6) is 0 Å². The minimum absolute atomic E-state index is 0.0590. The van der Waals surface area contributed by atoms with Gasteiger partial charge in [-0.3, -0.25) is 4.79 Å². The molecule has 2 unspecified atom stereocenters. The summed E-state index contributed by atoms with van der Waals surface area (Å²) in [5.74, 6) is 1.41. The molecule has 2 aliphatic heterocycles. The number of piperidine rings is 1. The first kappa shape index (κ1) is 12.8. The predicted octanol–water partition coefficient (Wildman–Crippen LogP) is 0.869. The highest BCUT2D eigenvalue weighted by Crippen LogP contribution is 2.28. The van der Waals surface area contributed by atoms with Crippen molar-refractivity contribution in [1.29, 1.82) is 0 Å². The number of nitrogens with zero attached hydrogens (tertiary/aromatic N) is 1. The van der Waals surface area contributed by atoms with Crippen LogP contribution in [0.2, 0.25) is 0 Å². The second-order valence-electron chi connectivity index (χ2n) is 5.57. The van der Waals surface area contributed by atoms with Crippen molar-refractivity contribution in [1.82, 2.24) is 10.2 Å². The van der Waals surface area contributed by atoms with Gasteiger partial charge in [-0.25, -0.2) is 0 Å². The number of likely N-dealkylation sites (tertiary alicyclic amines) is 1. The number of carbonyl (C=O) groups is 1. The molecule has 2 atom stereocenters. The summed E-state index contributed by atoms with van der Waals surface area (Å²) in [6.07, 6.45) is 4.86. The molecule has 2 saturated heterocycles. The predicted molar refractivity (Wildman–Crippen MR) is 66.8 cm³/mol. The molecule has 0 aromatic rings. The Labute approximate surface area is 104 Å². The summed E-state index contributed by atoms with van der Waals surface area (Å²) in [7, 11) is 3.66. The van der Waals surface area contributed by atoms with Crippen molar-refractivity contribution in [3.05, 3.63) is 0 Å². The van der Waals surface area contributed by atoms with Crippen LogP contribution in [-0.2, 0) is 9.53 Å². The van der Waals surface area contributed by atoms with Crippen molar-refractivity contribution in [2.45, 2.75) is 31.7 Å². The van der Waals surface area contributed by atoms with E-state index in [2.05, 4.69) is 17.3 Å². The fourth-order valence-electron chi connectivity index (χ4n) is 3.08. The van der Waals surface area contributed by atoms with E-state index < -0.39 is 0 Å². The monoisotopic (exact) mass is 240 g/mol. The van der Waals surface area contributed by atoms with Gasteiger partial charge < -0.3 is 15.0 Å². The van der Waals surface area contributed by atoms with Gasteiger partial charge in [0.1, 0.15) is 6.04 Å². The largest absolute Gasteiger partial charge is 0.468 e. The van der Waals surface area contributed by atoms with Crippen LogP contribution in [0, 0.1) is 11.8 Å². The molecule has 2 heterocycles. The quantitative estimate of drug-likeness (QED) is 0.743. The van der Waals surface area contributed by atoms with E-state index in [0.29, 0.717) is 5.92 Å². The SMILES string of the molecule is COC(=O)C1CC(CC2CCN(C)CC2)CN1. The lowest BCUT2D eigenvalue weighted by Gasteiger charge is -2.30. The number of hydrogen-bond acceptors (Lipinski definition) is 4. The zero-order chi connectivity index (χ0) is 12.3. The molecule has 2 aliphatic rings. The number of esters is 1. The van der Waals surface area contributed by atoms with Crippen molar-refractivity contribution in [2.24, 2.45) is 11.8 Å². The summed E-state index contributed by atoms with van der Waals surface area (Å²) in [5.41, 5.74) is 0. The molecule has 2 fully saturated rings. The second kappa shape index (κ2) is 5.83. The zero-order valence-electron chi connectivity index (χ0n) is 10.9. The first-order valence-corrected chi connectivity index (χ1v) is 6.68. The Morgan fingerprint density at radius 1 is 1.35 bits per heavy atom. The van der Waals surface area contributed by atoms with Crippen LogP contribution < -0.4 is 5.32 Å². The van der Waals surface area contributed by atoms with Gasteiger partial charge in [0, 0.05) is 0 Å². The average Bonchev–Trinajstić information content (AvgIpc) is 2.80. The fraction of sp³-hybridized carbons (Fsp3) is 0.923. The second-order valence-corrected chi connectivity index (χ2v) is 5.57. The van der Waals surface area contributed by atoms with Crippen molar-refractivity contribution in [3.8, 4) is 0 Å². The van der Waals surface area contributed by atoms with E-state index in [-0.39, 0.29) is 12.0 Å². The minimum Gasteiger partial charge on any atom is -0.468 e. The number of methoxy groups -OCH3 is 1. The Bertz CT molecular complexity index is 262. The third-order valence-electron chi connectivity index (χ3n) is 4.21. The maximum atomic E-state index is 11.4. The molecule has 17 heavy (non-hydrogen) atoms. The molecule has 4 heteroatoms. The molecule has 0 radical (unpaired) electrons. The smallest absolute Gasteiger partial charge is 0.322 e. The molecule has 0 amide bonds. The number of nitrogens with one attached hydrogen (secondary N) is 1.